The average Bonchev–Trinajstić information content (AvgIpc) is 3.26. The molecule has 4 rings (SSSR count). The molecule has 1 unspecified atom stereocenters. The van der Waals surface area contributed by atoms with Crippen molar-refractivity contribution in [2.45, 2.75) is 37.8 Å². The second-order valence-corrected chi connectivity index (χ2v) is 8.15. The van der Waals surface area contributed by atoms with Crippen LogP contribution in [0.25, 0.3) is 11.0 Å². The Morgan fingerprint density at radius 1 is 1.31 bits per heavy atom. The fraction of sp³-hybridized carbons (Fsp3) is 0.600. The highest BCUT2D eigenvalue weighted by Gasteiger charge is 2.42. The first-order valence-corrected chi connectivity index (χ1v) is 10.0. The van der Waals surface area contributed by atoms with Crippen molar-refractivity contribution in [1.82, 2.24) is 19.4 Å². The van der Waals surface area contributed by atoms with Gasteiger partial charge in [-0.3, -0.25) is 9.47 Å². The topological polar surface area (TPSA) is 70.6 Å². The van der Waals surface area contributed by atoms with Crippen LogP contribution in [0.15, 0.2) is 23.0 Å². The van der Waals surface area contributed by atoms with E-state index in [4.69, 9.17) is 4.74 Å². The van der Waals surface area contributed by atoms with E-state index in [1.165, 1.54) is 12.1 Å². The van der Waals surface area contributed by atoms with E-state index >= 15 is 0 Å². The third-order valence-corrected chi connectivity index (χ3v) is 6.29. The Labute approximate surface area is 167 Å². The molecule has 7 nitrogen and oxygen atoms in total. The number of benzene rings is 1. The minimum atomic E-state index is -0.679. The Bertz CT molecular complexity index is 951. The van der Waals surface area contributed by atoms with Crippen LogP contribution in [0.2, 0.25) is 0 Å². The molecule has 0 radical (unpaired) electrons. The molecule has 2 aromatic rings. The van der Waals surface area contributed by atoms with Gasteiger partial charge in [-0.05, 0) is 44.4 Å². The molecular formula is C20H26F2N4O3. The lowest BCUT2D eigenvalue weighted by molar-refractivity contribution is 0.0621. The number of imidazole rings is 1. The monoisotopic (exact) mass is 408 g/mol. The largest absolute Gasteiger partial charge is 0.447 e. The van der Waals surface area contributed by atoms with Gasteiger partial charge in [-0.15, -0.1) is 0 Å². The number of hydrogen-bond acceptors (Lipinski definition) is 4. The standard InChI is InChI=1S/C20H26F2N4O3/c1-20(6-10-24(13-20)19(28)29-11-7-21)25-8-4-15(5-9-25)26-17-12-14(22)2-3-16(17)23-18(26)27/h2-3,12,15H,4-11,13H2,1H3,(H,23,27). The number of nitrogens with zero attached hydrogens (tertiary/aromatic N) is 3. The van der Waals surface area contributed by atoms with Crippen molar-refractivity contribution in [3.8, 4) is 0 Å². The molecule has 0 bridgehead atoms. The lowest BCUT2D eigenvalue weighted by atomic mass is 9.94. The van der Waals surface area contributed by atoms with Crippen molar-refractivity contribution in [3.63, 3.8) is 0 Å². The molecule has 1 N–H and O–H groups in total. The summed E-state index contributed by atoms with van der Waals surface area (Å²) in [5.41, 5.74) is 0.862. The third kappa shape index (κ3) is 3.75. The number of ether oxygens (including phenoxy) is 1. The number of carbonyl (C=O) groups is 1. The number of hydrogen-bond donors (Lipinski definition) is 1. The quantitative estimate of drug-likeness (QED) is 0.845. The van der Waals surface area contributed by atoms with Crippen LogP contribution in [0, 0.1) is 5.82 Å². The molecule has 0 saturated carbocycles. The molecule has 1 aromatic carbocycles. The summed E-state index contributed by atoms with van der Waals surface area (Å²) in [5.74, 6) is -0.360. The van der Waals surface area contributed by atoms with Crippen LogP contribution in [0.5, 0.6) is 0 Å². The molecular weight excluding hydrogens is 382 g/mol. The van der Waals surface area contributed by atoms with Crippen LogP contribution in [-0.4, -0.2) is 70.4 Å². The normalized spacial score (nSPS) is 23.8. The summed E-state index contributed by atoms with van der Waals surface area (Å²) >= 11 is 0. The Kier molecular flexibility index (Phi) is 5.33. The van der Waals surface area contributed by atoms with E-state index < -0.39 is 12.8 Å². The summed E-state index contributed by atoms with van der Waals surface area (Å²) < 4.78 is 32.5. The molecule has 2 aliphatic heterocycles. The maximum Gasteiger partial charge on any atom is 0.409 e. The fourth-order valence-corrected chi connectivity index (χ4v) is 4.70. The first-order valence-electron chi connectivity index (χ1n) is 10.0. The van der Waals surface area contributed by atoms with Crippen molar-refractivity contribution in [1.29, 1.82) is 0 Å². The van der Waals surface area contributed by atoms with Crippen LogP contribution < -0.4 is 5.69 Å². The molecule has 2 aliphatic rings. The Balaban J connectivity index is 1.43. The van der Waals surface area contributed by atoms with Gasteiger partial charge >= 0.3 is 11.8 Å². The number of fused-ring (bicyclic) bond motifs is 1. The predicted molar refractivity (Wildman–Crippen MR) is 104 cm³/mol. The van der Waals surface area contributed by atoms with Crippen LogP contribution >= 0.6 is 0 Å². The molecule has 1 aromatic heterocycles. The number of nitrogens with one attached hydrogen (secondary N) is 1. The van der Waals surface area contributed by atoms with E-state index in [1.807, 2.05) is 0 Å². The summed E-state index contributed by atoms with van der Waals surface area (Å²) in [4.78, 5) is 31.2. The number of halogens is 2. The van der Waals surface area contributed by atoms with Gasteiger partial charge in [0.15, 0.2) is 0 Å². The van der Waals surface area contributed by atoms with Crippen LogP contribution in [0.3, 0.4) is 0 Å². The fourth-order valence-electron chi connectivity index (χ4n) is 4.70. The summed E-state index contributed by atoms with van der Waals surface area (Å²) in [7, 11) is 0. The van der Waals surface area contributed by atoms with Crippen LogP contribution in [0.1, 0.15) is 32.2 Å². The third-order valence-electron chi connectivity index (χ3n) is 6.29. The maximum absolute atomic E-state index is 13.7. The van der Waals surface area contributed by atoms with Crippen molar-refractivity contribution < 1.29 is 18.3 Å². The number of aromatic amines is 1. The molecule has 29 heavy (non-hydrogen) atoms. The highest BCUT2D eigenvalue weighted by Crippen LogP contribution is 2.34. The van der Waals surface area contributed by atoms with Gasteiger partial charge in [0.1, 0.15) is 19.1 Å². The second-order valence-electron chi connectivity index (χ2n) is 8.15. The molecule has 2 fully saturated rings. The lowest BCUT2D eigenvalue weighted by Gasteiger charge is -2.43. The van der Waals surface area contributed by atoms with Crippen molar-refractivity contribution in [2.24, 2.45) is 0 Å². The Morgan fingerprint density at radius 3 is 2.79 bits per heavy atom. The number of likely N-dealkylation sites (tertiary alicyclic amines) is 2. The highest BCUT2D eigenvalue weighted by molar-refractivity contribution is 5.75. The zero-order valence-electron chi connectivity index (χ0n) is 16.5. The van der Waals surface area contributed by atoms with Crippen LogP contribution in [-0.2, 0) is 4.74 Å². The molecule has 0 spiro atoms. The molecule has 3 heterocycles. The molecule has 9 heteroatoms. The summed E-state index contributed by atoms with van der Waals surface area (Å²) in [6.07, 6.45) is 1.89. The Hall–Kier alpha value is -2.42. The predicted octanol–water partition coefficient (Wildman–Crippen LogP) is 2.68. The van der Waals surface area contributed by atoms with E-state index in [-0.39, 0.29) is 29.7 Å². The number of rotatable bonds is 4. The average molecular weight is 408 g/mol. The van der Waals surface area contributed by atoms with Crippen molar-refractivity contribution >= 4 is 17.1 Å². The van der Waals surface area contributed by atoms with Crippen molar-refractivity contribution in [2.75, 3.05) is 39.5 Å². The SMILES string of the molecule is CC1(N2CCC(n3c(=O)[nH]c4ccc(F)cc43)CC2)CCN(C(=O)OCCF)C1. The van der Waals surface area contributed by atoms with Gasteiger partial charge < -0.3 is 14.6 Å². The van der Waals surface area contributed by atoms with E-state index in [0.29, 0.717) is 24.1 Å². The lowest BCUT2D eigenvalue weighted by Crippen LogP contribution is -2.52. The van der Waals surface area contributed by atoms with E-state index in [9.17, 15) is 18.4 Å². The zero-order chi connectivity index (χ0) is 20.6. The first kappa shape index (κ1) is 19.9. The zero-order valence-corrected chi connectivity index (χ0v) is 16.5. The smallest absolute Gasteiger partial charge is 0.409 e. The highest BCUT2D eigenvalue weighted by atomic mass is 19.1. The number of carbonyl (C=O) groups excluding carboxylic acids is 1. The van der Waals surface area contributed by atoms with Gasteiger partial charge in [0.25, 0.3) is 0 Å². The van der Waals surface area contributed by atoms with E-state index in [0.717, 1.165) is 32.4 Å². The molecule has 158 valence electrons. The molecule has 1 amide bonds. The van der Waals surface area contributed by atoms with Crippen molar-refractivity contribution in [3.05, 3.63) is 34.5 Å². The van der Waals surface area contributed by atoms with E-state index in [2.05, 4.69) is 16.8 Å². The van der Waals surface area contributed by atoms with Gasteiger partial charge in [0, 0.05) is 37.8 Å². The molecule has 1 atom stereocenters. The minimum Gasteiger partial charge on any atom is -0.447 e. The van der Waals surface area contributed by atoms with Gasteiger partial charge in [0.05, 0.1) is 11.0 Å². The summed E-state index contributed by atoms with van der Waals surface area (Å²) in [5, 5.41) is 0. The second kappa shape index (κ2) is 7.78. The van der Waals surface area contributed by atoms with Gasteiger partial charge in [-0.1, -0.05) is 0 Å². The number of aromatic nitrogens is 2. The number of piperidine rings is 1. The first-order chi connectivity index (χ1) is 13.9. The van der Waals surface area contributed by atoms with E-state index in [1.54, 1.807) is 15.5 Å². The van der Waals surface area contributed by atoms with Crippen LogP contribution in [0.4, 0.5) is 13.6 Å². The summed E-state index contributed by atoms with van der Waals surface area (Å²) in [6, 6.07) is 4.34. The molecule has 2 saturated heterocycles. The Morgan fingerprint density at radius 2 is 2.07 bits per heavy atom. The minimum absolute atomic E-state index is 0.00456. The maximum atomic E-state index is 13.7. The number of amides is 1. The van der Waals surface area contributed by atoms with Gasteiger partial charge in [-0.2, -0.15) is 0 Å². The molecule has 0 aliphatic carbocycles. The number of H-pyrrole nitrogens is 1. The summed E-state index contributed by atoms with van der Waals surface area (Å²) in [6.45, 7) is 3.93. The number of alkyl halides is 1. The van der Waals surface area contributed by atoms with Gasteiger partial charge in [0.2, 0.25) is 0 Å². The van der Waals surface area contributed by atoms with Gasteiger partial charge in [-0.25, -0.2) is 18.4 Å².